The summed E-state index contributed by atoms with van der Waals surface area (Å²) in [5, 5.41) is 15.2. The molecule has 1 aromatic heterocycles. The Bertz CT molecular complexity index is 1080. The molecule has 3 rings (SSSR count). The maximum Gasteiger partial charge on any atom is 0.307 e. The number of methoxy groups -OCH3 is 3. The molecule has 0 unspecified atom stereocenters. The van der Waals surface area contributed by atoms with Crippen LogP contribution < -0.4 is 19.6 Å². The SMILES string of the molecule is COc1cc(/C=N/NC(=O)c2cc3cc([N+](=O)[O-])ccc3o2)cc(OC)c1OC. The van der Waals surface area contributed by atoms with Gasteiger partial charge in [-0.05, 0) is 24.3 Å². The summed E-state index contributed by atoms with van der Waals surface area (Å²) < 4.78 is 21.2. The molecule has 2 aromatic carbocycles. The fourth-order valence-electron chi connectivity index (χ4n) is 2.65. The molecule has 1 N–H and O–H groups in total. The number of nitrogens with one attached hydrogen (secondary N) is 1. The van der Waals surface area contributed by atoms with E-state index in [0.29, 0.717) is 33.8 Å². The largest absolute Gasteiger partial charge is 0.493 e. The van der Waals surface area contributed by atoms with E-state index >= 15 is 0 Å². The van der Waals surface area contributed by atoms with Crippen LogP contribution in [0.2, 0.25) is 0 Å². The topological polar surface area (TPSA) is 125 Å². The molecule has 150 valence electrons. The predicted molar refractivity (Wildman–Crippen MR) is 104 cm³/mol. The Labute approximate surface area is 164 Å². The zero-order chi connectivity index (χ0) is 21.0. The number of nitro groups is 1. The predicted octanol–water partition coefficient (Wildman–Crippen LogP) is 3.13. The van der Waals surface area contributed by atoms with E-state index in [1.165, 1.54) is 51.8 Å². The second-order valence-electron chi connectivity index (χ2n) is 5.75. The number of amides is 1. The normalized spacial score (nSPS) is 10.9. The van der Waals surface area contributed by atoms with Gasteiger partial charge >= 0.3 is 5.91 Å². The molecule has 0 aliphatic heterocycles. The lowest BCUT2D eigenvalue weighted by atomic mass is 10.2. The molecule has 0 bridgehead atoms. The average molecular weight is 399 g/mol. The van der Waals surface area contributed by atoms with Gasteiger partial charge in [0.05, 0.1) is 32.5 Å². The lowest BCUT2D eigenvalue weighted by molar-refractivity contribution is -0.384. The minimum Gasteiger partial charge on any atom is -0.493 e. The van der Waals surface area contributed by atoms with Crippen LogP contribution in [0.5, 0.6) is 17.2 Å². The highest BCUT2D eigenvalue weighted by atomic mass is 16.6. The second-order valence-corrected chi connectivity index (χ2v) is 5.75. The Morgan fingerprint density at radius 2 is 1.79 bits per heavy atom. The van der Waals surface area contributed by atoms with Gasteiger partial charge in [-0.1, -0.05) is 0 Å². The van der Waals surface area contributed by atoms with Gasteiger partial charge in [-0.2, -0.15) is 5.10 Å². The molecule has 10 nitrogen and oxygen atoms in total. The molecule has 0 aliphatic carbocycles. The minimum atomic E-state index is -0.604. The van der Waals surface area contributed by atoms with Crippen LogP contribution in [0.15, 0.2) is 45.9 Å². The van der Waals surface area contributed by atoms with E-state index < -0.39 is 10.8 Å². The van der Waals surface area contributed by atoms with Crippen molar-refractivity contribution in [3.05, 3.63) is 57.8 Å². The number of furan rings is 1. The summed E-state index contributed by atoms with van der Waals surface area (Å²) in [5.41, 5.74) is 3.20. The summed E-state index contributed by atoms with van der Waals surface area (Å²) in [5.74, 6) is 0.694. The minimum absolute atomic E-state index is 0.0254. The number of hydrogen-bond acceptors (Lipinski definition) is 8. The first-order valence-corrected chi connectivity index (χ1v) is 8.28. The summed E-state index contributed by atoms with van der Waals surface area (Å²) in [7, 11) is 4.48. The van der Waals surface area contributed by atoms with Gasteiger partial charge in [-0.3, -0.25) is 14.9 Å². The van der Waals surface area contributed by atoms with Crippen LogP contribution in [-0.2, 0) is 0 Å². The third kappa shape index (κ3) is 4.10. The molecular weight excluding hydrogens is 382 g/mol. The molecule has 0 radical (unpaired) electrons. The van der Waals surface area contributed by atoms with Crippen molar-refractivity contribution in [3.63, 3.8) is 0 Å². The van der Waals surface area contributed by atoms with Crippen molar-refractivity contribution >= 4 is 28.8 Å². The van der Waals surface area contributed by atoms with E-state index in [2.05, 4.69) is 10.5 Å². The van der Waals surface area contributed by atoms with Crippen molar-refractivity contribution in [1.82, 2.24) is 5.43 Å². The summed E-state index contributed by atoms with van der Waals surface area (Å²) >= 11 is 0. The summed E-state index contributed by atoms with van der Waals surface area (Å²) in [6, 6.07) is 8.80. The van der Waals surface area contributed by atoms with Gasteiger partial charge in [-0.25, -0.2) is 5.43 Å². The maximum atomic E-state index is 12.2. The zero-order valence-electron chi connectivity index (χ0n) is 15.8. The van der Waals surface area contributed by atoms with E-state index in [0.717, 1.165) is 0 Å². The van der Waals surface area contributed by atoms with Gasteiger partial charge in [0.25, 0.3) is 5.69 Å². The molecule has 29 heavy (non-hydrogen) atoms. The number of hydrazone groups is 1. The van der Waals surface area contributed by atoms with Crippen LogP contribution >= 0.6 is 0 Å². The molecule has 1 amide bonds. The van der Waals surface area contributed by atoms with Crippen LogP contribution in [0.4, 0.5) is 5.69 Å². The lowest BCUT2D eigenvalue weighted by Gasteiger charge is -2.12. The van der Waals surface area contributed by atoms with Crippen molar-refractivity contribution in [3.8, 4) is 17.2 Å². The van der Waals surface area contributed by atoms with Crippen molar-refractivity contribution in [2.45, 2.75) is 0 Å². The van der Waals surface area contributed by atoms with Crippen LogP contribution in [-0.4, -0.2) is 38.4 Å². The van der Waals surface area contributed by atoms with E-state index in [1.54, 1.807) is 12.1 Å². The third-order valence-corrected chi connectivity index (χ3v) is 4.00. The monoisotopic (exact) mass is 399 g/mol. The summed E-state index contributed by atoms with van der Waals surface area (Å²) in [6.07, 6.45) is 1.40. The summed E-state index contributed by atoms with van der Waals surface area (Å²) in [6.45, 7) is 0. The number of rotatable bonds is 7. The van der Waals surface area contributed by atoms with Gasteiger partial charge < -0.3 is 18.6 Å². The Morgan fingerprint density at radius 1 is 1.10 bits per heavy atom. The number of benzene rings is 2. The van der Waals surface area contributed by atoms with Gasteiger partial charge in [0.1, 0.15) is 5.58 Å². The van der Waals surface area contributed by atoms with E-state index in [4.69, 9.17) is 18.6 Å². The number of non-ortho nitro benzene ring substituents is 1. The summed E-state index contributed by atoms with van der Waals surface area (Å²) in [4.78, 5) is 22.6. The molecule has 0 saturated heterocycles. The molecule has 0 spiro atoms. The Balaban J connectivity index is 1.77. The molecule has 0 aliphatic rings. The smallest absolute Gasteiger partial charge is 0.307 e. The molecule has 0 fully saturated rings. The first kappa shape index (κ1) is 19.7. The quantitative estimate of drug-likeness (QED) is 0.367. The standard InChI is InChI=1S/C19H17N3O7/c1-26-15-6-11(7-16(27-2)18(15)28-3)10-20-21-19(23)17-9-12-8-13(22(24)25)4-5-14(12)29-17/h4-10H,1-3H3,(H,21,23)/b20-10+. The van der Waals surface area contributed by atoms with E-state index in [1.807, 2.05) is 0 Å². The van der Waals surface area contributed by atoms with Gasteiger partial charge in [0, 0.05) is 23.1 Å². The number of hydrogen-bond donors (Lipinski definition) is 1. The number of nitro benzene ring substituents is 1. The lowest BCUT2D eigenvalue weighted by Crippen LogP contribution is -2.16. The highest BCUT2D eigenvalue weighted by Gasteiger charge is 2.15. The van der Waals surface area contributed by atoms with Crippen molar-refractivity contribution in [2.75, 3.05) is 21.3 Å². The van der Waals surface area contributed by atoms with Gasteiger partial charge in [0.15, 0.2) is 17.3 Å². The molecule has 10 heteroatoms. The van der Waals surface area contributed by atoms with Crippen LogP contribution in [0.25, 0.3) is 11.0 Å². The zero-order valence-corrected chi connectivity index (χ0v) is 15.8. The number of nitrogens with zero attached hydrogens (tertiary/aromatic N) is 2. The number of ether oxygens (including phenoxy) is 3. The fourth-order valence-corrected chi connectivity index (χ4v) is 2.65. The van der Waals surface area contributed by atoms with Crippen molar-refractivity contribution in [2.24, 2.45) is 5.10 Å². The average Bonchev–Trinajstić information content (AvgIpc) is 3.16. The fraction of sp³-hybridized carbons (Fsp3) is 0.158. The van der Waals surface area contributed by atoms with Gasteiger partial charge in [-0.15, -0.1) is 0 Å². The second kappa shape index (κ2) is 8.30. The number of carbonyl (C=O) groups is 1. The Hall–Kier alpha value is -4.08. The molecule has 0 saturated carbocycles. The molecule has 0 atom stereocenters. The molecule has 3 aromatic rings. The maximum absolute atomic E-state index is 12.2. The van der Waals surface area contributed by atoms with Crippen molar-refractivity contribution < 1.29 is 28.3 Å². The van der Waals surface area contributed by atoms with Crippen molar-refractivity contribution in [1.29, 1.82) is 0 Å². The molecule has 1 heterocycles. The Kier molecular flexibility index (Phi) is 5.63. The van der Waals surface area contributed by atoms with E-state index in [-0.39, 0.29) is 11.4 Å². The van der Waals surface area contributed by atoms with Crippen LogP contribution in [0, 0.1) is 10.1 Å². The number of fused-ring (bicyclic) bond motifs is 1. The first-order valence-electron chi connectivity index (χ1n) is 8.28. The van der Waals surface area contributed by atoms with Crippen LogP contribution in [0.3, 0.4) is 0 Å². The number of carbonyl (C=O) groups excluding carboxylic acids is 1. The van der Waals surface area contributed by atoms with Gasteiger partial charge in [0.2, 0.25) is 5.75 Å². The van der Waals surface area contributed by atoms with Crippen LogP contribution in [0.1, 0.15) is 16.1 Å². The first-order chi connectivity index (χ1) is 14.0. The Morgan fingerprint density at radius 3 is 2.38 bits per heavy atom. The highest BCUT2D eigenvalue weighted by molar-refractivity contribution is 5.97. The third-order valence-electron chi connectivity index (χ3n) is 4.00. The molecular formula is C19H17N3O7. The highest BCUT2D eigenvalue weighted by Crippen LogP contribution is 2.37. The van der Waals surface area contributed by atoms with E-state index in [9.17, 15) is 14.9 Å².